The Balaban J connectivity index is 1.63. The number of carbonyl (C=O) groups is 1. The van der Waals surface area contributed by atoms with Crippen LogP contribution in [-0.2, 0) is 10.2 Å². The van der Waals surface area contributed by atoms with Crippen molar-refractivity contribution >= 4 is 5.91 Å². The summed E-state index contributed by atoms with van der Waals surface area (Å²) in [5.74, 6) is 0.650. The summed E-state index contributed by atoms with van der Waals surface area (Å²) in [5.41, 5.74) is 7.64. The third-order valence-electron chi connectivity index (χ3n) is 5.23. The van der Waals surface area contributed by atoms with Crippen LogP contribution in [0.3, 0.4) is 0 Å². The Bertz CT molecular complexity index is 775. The van der Waals surface area contributed by atoms with Crippen molar-refractivity contribution in [3.05, 3.63) is 65.5 Å². The maximum Gasteiger partial charge on any atom is 0.230 e. The highest BCUT2D eigenvalue weighted by Gasteiger charge is 2.33. The summed E-state index contributed by atoms with van der Waals surface area (Å²) in [6.45, 7) is 5.00. The third kappa shape index (κ3) is 4.28. The molecule has 27 heavy (non-hydrogen) atoms. The summed E-state index contributed by atoms with van der Waals surface area (Å²) < 4.78 is 18.4. The first-order chi connectivity index (χ1) is 12.9. The molecule has 1 aliphatic rings. The van der Waals surface area contributed by atoms with Crippen LogP contribution in [0.25, 0.3) is 0 Å². The molecule has 144 valence electrons. The predicted octanol–water partition coefficient (Wildman–Crippen LogP) is 2.69. The number of rotatable bonds is 6. The van der Waals surface area contributed by atoms with E-state index in [9.17, 15) is 9.18 Å². The summed E-state index contributed by atoms with van der Waals surface area (Å²) in [4.78, 5) is 12.8. The van der Waals surface area contributed by atoms with E-state index in [2.05, 4.69) is 16.2 Å². The number of methoxy groups -OCH3 is 1. The lowest BCUT2D eigenvalue weighted by molar-refractivity contribution is -0.125. The number of carbonyl (C=O) groups excluding carboxylic acids is 1. The average Bonchev–Trinajstić information content (AvgIpc) is 3.15. The maximum atomic E-state index is 13.2. The summed E-state index contributed by atoms with van der Waals surface area (Å²) in [7, 11) is 1.64. The smallest absolute Gasteiger partial charge is 0.230 e. The number of halogens is 1. The SMILES string of the molecule is COc1ccc(C2NNCC2CNC(=O)C(C)(C)c2ccc(F)cc2)cc1. The fourth-order valence-electron chi connectivity index (χ4n) is 3.33. The second-order valence-electron chi connectivity index (χ2n) is 7.38. The molecule has 0 saturated carbocycles. The van der Waals surface area contributed by atoms with Gasteiger partial charge in [0.2, 0.25) is 5.91 Å². The Hall–Kier alpha value is -2.44. The monoisotopic (exact) mass is 371 g/mol. The molecule has 6 heteroatoms. The van der Waals surface area contributed by atoms with Crippen molar-refractivity contribution in [2.45, 2.75) is 25.3 Å². The topological polar surface area (TPSA) is 62.4 Å². The molecule has 0 spiro atoms. The van der Waals surface area contributed by atoms with Gasteiger partial charge in [-0.05, 0) is 49.2 Å². The van der Waals surface area contributed by atoms with Crippen LogP contribution in [0.5, 0.6) is 5.75 Å². The van der Waals surface area contributed by atoms with Gasteiger partial charge in [0.05, 0.1) is 18.6 Å². The van der Waals surface area contributed by atoms with Crippen LogP contribution in [0.2, 0.25) is 0 Å². The highest BCUT2D eigenvalue weighted by molar-refractivity contribution is 5.87. The van der Waals surface area contributed by atoms with E-state index in [1.54, 1.807) is 19.2 Å². The van der Waals surface area contributed by atoms with E-state index in [4.69, 9.17) is 4.74 Å². The van der Waals surface area contributed by atoms with Crippen molar-refractivity contribution < 1.29 is 13.9 Å². The van der Waals surface area contributed by atoms with E-state index in [0.717, 1.165) is 23.4 Å². The molecule has 3 rings (SSSR count). The van der Waals surface area contributed by atoms with E-state index >= 15 is 0 Å². The molecule has 2 aromatic rings. The second-order valence-corrected chi connectivity index (χ2v) is 7.38. The lowest BCUT2D eigenvalue weighted by atomic mass is 9.83. The number of hydrogen-bond acceptors (Lipinski definition) is 4. The number of hydrazine groups is 1. The van der Waals surface area contributed by atoms with Gasteiger partial charge in [-0.1, -0.05) is 24.3 Å². The minimum atomic E-state index is -0.733. The minimum absolute atomic E-state index is 0.0745. The molecule has 2 unspecified atom stereocenters. The molecule has 1 aliphatic heterocycles. The van der Waals surface area contributed by atoms with E-state index in [1.165, 1.54) is 12.1 Å². The largest absolute Gasteiger partial charge is 0.497 e. The molecule has 5 nitrogen and oxygen atoms in total. The molecule has 0 aromatic heterocycles. The fraction of sp³-hybridized carbons (Fsp3) is 0.381. The van der Waals surface area contributed by atoms with Gasteiger partial charge in [-0.2, -0.15) is 0 Å². The van der Waals surface area contributed by atoms with Crippen LogP contribution in [0.1, 0.15) is 31.0 Å². The predicted molar refractivity (Wildman–Crippen MR) is 103 cm³/mol. The quantitative estimate of drug-likeness (QED) is 0.731. The Kier molecular flexibility index (Phi) is 5.77. The summed E-state index contributed by atoms with van der Waals surface area (Å²) in [6, 6.07) is 14.1. The molecule has 1 fully saturated rings. The standard InChI is InChI=1S/C21H26FN3O2/c1-21(2,16-6-8-17(22)9-7-16)20(26)23-12-15-13-24-25-19(15)14-4-10-18(27-3)11-5-14/h4-11,15,19,24-25H,12-13H2,1-3H3,(H,23,26). The molecule has 2 aromatic carbocycles. The lowest BCUT2D eigenvalue weighted by Crippen LogP contribution is -2.43. The minimum Gasteiger partial charge on any atom is -0.497 e. The van der Waals surface area contributed by atoms with Gasteiger partial charge >= 0.3 is 0 Å². The molecule has 1 saturated heterocycles. The third-order valence-corrected chi connectivity index (χ3v) is 5.23. The van der Waals surface area contributed by atoms with Gasteiger partial charge in [-0.3, -0.25) is 10.2 Å². The molecular weight excluding hydrogens is 345 g/mol. The summed E-state index contributed by atoms with van der Waals surface area (Å²) in [6.07, 6.45) is 0. The van der Waals surface area contributed by atoms with E-state index in [1.807, 2.05) is 38.1 Å². The Morgan fingerprint density at radius 1 is 1.19 bits per heavy atom. The van der Waals surface area contributed by atoms with Gasteiger partial charge in [0.25, 0.3) is 0 Å². The van der Waals surface area contributed by atoms with Crippen LogP contribution in [-0.4, -0.2) is 26.1 Å². The normalized spacial score (nSPS) is 19.7. The zero-order valence-electron chi connectivity index (χ0n) is 15.9. The Labute approximate surface area is 159 Å². The molecular formula is C21H26FN3O2. The van der Waals surface area contributed by atoms with Crippen molar-refractivity contribution in [1.82, 2.24) is 16.2 Å². The van der Waals surface area contributed by atoms with Crippen molar-refractivity contribution in [1.29, 1.82) is 0 Å². The van der Waals surface area contributed by atoms with Crippen molar-refractivity contribution in [2.75, 3.05) is 20.2 Å². The molecule has 1 heterocycles. The zero-order valence-corrected chi connectivity index (χ0v) is 15.9. The summed E-state index contributed by atoms with van der Waals surface area (Å²) >= 11 is 0. The fourth-order valence-corrected chi connectivity index (χ4v) is 3.33. The van der Waals surface area contributed by atoms with Gasteiger partial charge in [0.15, 0.2) is 0 Å². The molecule has 2 atom stereocenters. The van der Waals surface area contributed by atoms with E-state index < -0.39 is 5.41 Å². The Morgan fingerprint density at radius 3 is 2.48 bits per heavy atom. The van der Waals surface area contributed by atoms with Gasteiger partial charge in [0, 0.05) is 19.0 Å². The number of ether oxygens (including phenoxy) is 1. The molecule has 0 bridgehead atoms. The highest BCUT2D eigenvalue weighted by Crippen LogP contribution is 2.27. The first-order valence-electron chi connectivity index (χ1n) is 9.08. The maximum absolute atomic E-state index is 13.2. The Morgan fingerprint density at radius 2 is 1.85 bits per heavy atom. The van der Waals surface area contributed by atoms with E-state index in [-0.39, 0.29) is 23.7 Å². The zero-order chi connectivity index (χ0) is 19.4. The van der Waals surface area contributed by atoms with Gasteiger partial charge in [-0.15, -0.1) is 0 Å². The summed E-state index contributed by atoms with van der Waals surface area (Å²) in [5, 5.41) is 3.06. The van der Waals surface area contributed by atoms with Crippen LogP contribution in [0.15, 0.2) is 48.5 Å². The van der Waals surface area contributed by atoms with Crippen molar-refractivity contribution in [3.8, 4) is 5.75 Å². The molecule has 0 radical (unpaired) electrons. The van der Waals surface area contributed by atoms with Crippen LogP contribution in [0, 0.1) is 11.7 Å². The number of benzene rings is 2. The highest BCUT2D eigenvalue weighted by atomic mass is 19.1. The second kappa shape index (κ2) is 8.06. The average molecular weight is 371 g/mol. The molecule has 1 amide bonds. The molecule has 0 aliphatic carbocycles. The van der Waals surface area contributed by atoms with Crippen LogP contribution in [0.4, 0.5) is 4.39 Å². The number of nitrogens with one attached hydrogen (secondary N) is 3. The first-order valence-corrected chi connectivity index (χ1v) is 9.08. The van der Waals surface area contributed by atoms with Crippen molar-refractivity contribution in [2.24, 2.45) is 5.92 Å². The molecule has 3 N–H and O–H groups in total. The van der Waals surface area contributed by atoms with Gasteiger partial charge in [-0.25, -0.2) is 9.82 Å². The number of amides is 1. The van der Waals surface area contributed by atoms with E-state index in [0.29, 0.717) is 6.54 Å². The van der Waals surface area contributed by atoms with Crippen LogP contribution < -0.4 is 20.9 Å². The van der Waals surface area contributed by atoms with Gasteiger partial charge < -0.3 is 10.1 Å². The van der Waals surface area contributed by atoms with Crippen LogP contribution >= 0.6 is 0 Å². The van der Waals surface area contributed by atoms with Gasteiger partial charge in [0.1, 0.15) is 11.6 Å². The first kappa shape index (κ1) is 19.3. The lowest BCUT2D eigenvalue weighted by Gasteiger charge is -2.26. The van der Waals surface area contributed by atoms with Crippen molar-refractivity contribution in [3.63, 3.8) is 0 Å². The number of hydrogen-bond donors (Lipinski definition) is 3.